The maximum Gasteiger partial charge on any atom is 0.251 e. The van der Waals surface area contributed by atoms with Gasteiger partial charge in [0.2, 0.25) is 17.8 Å². The van der Waals surface area contributed by atoms with Crippen molar-refractivity contribution in [3.63, 3.8) is 0 Å². The predicted molar refractivity (Wildman–Crippen MR) is 221 cm³/mol. The van der Waals surface area contributed by atoms with Crippen molar-refractivity contribution in [2.45, 2.75) is 6.92 Å². The number of nitrogens with one attached hydrogen (secondary N) is 5. The molecule has 0 aliphatic rings. The van der Waals surface area contributed by atoms with E-state index in [1.807, 2.05) is 37.3 Å². The fraction of sp³-hybridized carbons (Fsp3) is 0.325. The first-order valence-corrected chi connectivity index (χ1v) is 18.6. The van der Waals surface area contributed by atoms with Gasteiger partial charge in [0.15, 0.2) is 0 Å². The second-order valence-corrected chi connectivity index (χ2v) is 12.0. The summed E-state index contributed by atoms with van der Waals surface area (Å²) in [4.78, 5) is 41.1. The highest BCUT2D eigenvalue weighted by molar-refractivity contribution is 5.94. The predicted octanol–water partition coefficient (Wildman–Crippen LogP) is 5.30. The van der Waals surface area contributed by atoms with Gasteiger partial charge >= 0.3 is 0 Å². The van der Waals surface area contributed by atoms with Crippen LogP contribution in [-0.4, -0.2) is 111 Å². The van der Waals surface area contributed by atoms with Crippen LogP contribution < -0.4 is 26.6 Å². The van der Waals surface area contributed by atoms with Crippen LogP contribution in [0.3, 0.4) is 0 Å². The highest BCUT2D eigenvalue weighted by Crippen LogP contribution is 2.20. The molecule has 306 valence electrons. The van der Waals surface area contributed by atoms with Gasteiger partial charge in [0, 0.05) is 59.2 Å². The molecule has 0 unspecified atom stereocenters. The zero-order valence-electron chi connectivity index (χ0n) is 32.3. The summed E-state index contributed by atoms with van der Waals surface area (Å²) in [6.07, 6.45) is 5.42. The van der Waals surface area contributed by atoms with Crippen LogP contribution in [-0.2, 0) is 18.9 Å². The number of allylic oxidation sites excluding steroid dienone is 2. The number of hydrogen-bond acceptors (Lipinski definition) is 14. The summed E-state index contributed by atoms with van der Waals surface area (Å²) < 4.78 is 22.0. The second kappa shape index (κ2) is 26.3. The zero-order valence-corrected chi connectivity index (χ0v) is 32.3. The van der Waals surface area contributed by atoms with Crippen LogP contribution in [0.25, 0.3) is 16.5 Å². The molecule has 6 N–H and O–H groups in total. The van der Waals surface area contributed by atoms with Crippen molar-refractivity contribution in [1.29, 1.82) is 0 Å². The van der Waals surface area contributed by atoms with Gasteiger partial charge in [0.05, 0.1) is 52.9 Å². The summed E-state index contributed by atoms with van der Waals surface area (Å²) in [7, 11) is 0. The number of anilines is 4. The SMILES string of the molecule is C/C=C(\C=C/c1ccccc1O)Nc1nc(NCCOCCOCCNC(=O)c2ccccc2)nc(Nc2ccc(C(=O)NCCOCCOCCN=[N+]=[N-])cc2)n1. The Morgan fingerprint density at radius 1 is 0.707 bits per heavy atom. The number of rotatable bonds is 27. The number of ether oxygens (including phenoxy) is 4. The summed E-state index contributed by atoms with van der Waals surface area (Å²) in [5.74, 6) is 0.531. The number of azide groups is 1. The van der Waals surface area contributed by atoms with Crippen LogP contribution in [0.1, 0.15) is 33.2 Å². The van der Waals surface area contributed by atoms with E-state index in [-0.39, 0.29) is 42.0 Å². The molecule has 1 heterocycles. The Hall–Kier alpha value is -6.56. The first kappa shape index (κ1) is 44.2. The van der Waals surface area contributed by atoms with E-state index < -0.39 is 0 Å². The Balaban J connectivity index is 1.26. The van der Waals surface area contributed by atoms with Gasteiger partial charge in [0.1, 0.15) is 5.75 Å². The number of aromatic nitrogens is 3. The molecule has 0 radical (unpaired) electrons. The molecule has 2 amide bonds. The van der Waals surface area contributed by atoms with Crippen LogP contribution in [0.15, 0.2) is 102 Å². The van der Waals surface area contributed by atoms with Crippen molar-refractivity contribution in [1.82, 2.24) is 25.6 Å². The maximum atomic E-state index is 12.7. The number of nitrogens with zero attached hydrogens (tertiary/aromatic N) is 6. The van der Waals surface area contributed by atoms with Crippen LogP contribution in [0.2, 0.25) is 0 Å². The van der Waals surface area contributed by atoms with Gasteiger partial charge in [-0.3, -0.25) is 9.59 Å². The minimum absolute atomic E-state index is 0.148. The van der Waals surface area contributed by atoms with E-state index in [1.54, 1.807) is 66.7 Å². The smallest absolute Gasteiger partial charge is 0.251 e. The summed E-state index contributed by atoms with van der Waals surface area (Å²) in [5.41, 5.74) is 11.3. The molecule has 4 rings (SSSR count). The summed E-state index contributed by atoms with van der Waals surface area (Å²) in [5, 5.41) is 28.7. The van der Waals surface area contributed by atoms with Crippen molar-refractivity contribution in [3.05, 3.63) is 124 Å². The van der Waals surface area contributed by atoms with Crippen molar-refractivity contribution >= 4 is 41.4 Å². The minimum Gasteiger partial charge on any atom is -0.507 e. The normalized spacial score (nSPS) is 11.2. The van der Waals surface area contributed by atoms with Crippen LogP contribution in [0, 0.1) is 0 Å². The number of para-hydroxylation sites is 1. The number of phenolic OH excluding ortho intramolecular Hbond substituents is 1. The fourth-order valence-electron chi connectivity index (χ4n) is 4.84. The van der Waals surface area contributed by atoms with Crippen molar-refractivity contribution in [3.8, 4) is 5.75 Å². The van der Waals surface area contributed by atoms with Crippen molar-refractivity contribution < 1.29 is 33.6 Å². The second-order valence-electron chi connectivity index (χ2n) is 12.0. The van der Waals surface area contributed by atoms with E-state index >= 15 is 0 Å². The summed E-state index contributed by atoms with van der Waals surface area (Å²) in [6, 6.07) is 22.8. The van der Waals surface area contributed by atoms with Gasteiger partial charge in [-0.2, -0.15) is 15.0 Å². The number of carbonyl (C=O) groups excluding carboxylic acids is 2. The van der Waals surface area contributed by atoms with E-state index in [0.29, 0.717) is 101 Å². The first-order chi connectivity index (χ1) is 28.4. The van der Waals surface area contributed by atoms with Gasteiger partial charge in [-0.05, 0) is 67.1 Å². The van der Waals surface area contributed by atoms with E-state index in [0.717, 1.165) is 0 Å². The van der Waals surface area contributed by atoms with Crippen LogP contribution in [0.5, 0.6) is 5.75 Å². The standard InChI is InChI=1S/C40H49N11O7/c1-2-33(15-12-30-8-6-7-11-35(30)52)46-39-48-38(44-20-24-57-27-26-55-22-18-42-36(53)31-9-4-3-5-10-31)49-40(50-39)47-34-16-13-32(14-17-34)37(54)43-19-23-56-28-29-58-25-21-45-51-41/h2-17,52H,18-29H2,1H3,(H,42,53)(H,43,54)(H3,44,46,47,48,49,50)/b15-12-,33-2+. The third-order valence-electron chi connectivity index (χ3n) is 7.76. The lowest BCUT2D eigenvalue weighted by atomic mass is 10.2. The third kappa shape index (κ3) is 17.1. The number of benzene rings is 3. The molecule has 0 saturated heterocycles. The number of aromatic hydroxyl groups is 1. The fourth-order valence-corrected chi connectivity index (χ4v) is 4.84. The molecule has 3 aromatic carbocycles. The molecule has 18 heteroatoms. The molecular formula is C40H49N11O7. The lowest BCUT2D eigenvalue weighted by Gasteiger charge is -2.12. The lowest BCUT2D eigenvalue weighted by Crippen LogP contribution is -2.27. The molecule has 0 fully saturated rings. The molecule has 0 atom stereocenters. The van der Waals surface area contributed by atoms with Gasteiger partial charge in [0.25, 0.3) is 11.8 Å². The first-order valence-electron chi connectivity index (χ1n) is 18.6. The van der Waals surface area contributed by atoms with E-state index in [2.05, 4.69) is 51.6 Å². The number of phenols is 1. The van der Waals surface area contributed by atoms with Crippen LogP contribution >= 0.6 is 0 Å². The van der Waals surface area contributed by atoms with Gasteiger partial charge in [-0.25, -0.2) is 0 Å². The molecular weight excluding hydrogens is 747 g/mol. The summed E-state index contributed by atoms with van der Waals surface area (Å²) >= 11 is 0. The maximum absolute atomic E-state index is 12.7. The molecule has 1 aromatic heterocycles. The largest absolute Gasteiger partial charge is 0.507 e. The number of amides is 2. The Morgan fingerprint density at radius 3 is 1.91 bits per heavy atom. The van der Waals surface area contributed by atoms with Gasteiger partial charge < -0.3 is 50.6 Å². The topological polar surface area (TPSA) is 239 Å². The molecule has 18 nitrogen and oxygen atoms in total. The lowest BCUT2D eigenvalue weighted by molar-refractivity contribution is 0.0511. The highest BCUT2D eigenvalue weighted by atomic mass is 16.5. The molecule has 4 aromatic rings. The number of carbonyl (C=O) groups is 2. The molecule has 0 aliphatic carbocycles. The highest BCUT2D eigenvalue weighted by Gasteiger charge is 2.10. The van der Waals surface area contributed by atoms with Gasteiger partial charge in [-0.1, -0.05) is 47.6 Å². The minimum atomic E-state index is -0.254. The van der Waals surface area contributed by atoms with E-state index in [1.165, 1.54) is 0 Å². The average molecular weight is 796 g/mol. The Kier molecular flexibility index (Phi) is 20.0. The number of hydrogen-bond donors (Lipinski definition) is 6. The molecule has 0 saturated carbocycles. The van der Waals surface area contributed by atoms with E-state index in [4.69, 9.17) is 24.5 Å². The average Bonchev–Trinajstić information content (AvgIpc) is 3.24. The Bertz CT molecular complexity index is 1960. The summed E-state index contributed by atoms with van der Waals surface area (Å²) in [6.45, 7) is 6.00. The Morgan fingerprint density at radius 2 is 1.28 bits per heavy atom. The van der Waals surface area contributed by atoms with Crippen molar-refractivity contribution in [2.75, 3.05) is 95.0 Å². The molecule has 0 bridgehead atoms. The van der Waals surface area contributed by atoms with Gasteiger partial charge in [-0.15, -0.1) is 0 Å². The molecule has 0 spiro atoms. The molecule has 58 heavy (non-hydrogen) atoms. The monoisotopic (exact) mass is 795 g/mol. The van der Waals surface area contributed by atoms with E-state index in [9.17, 15) is 14.7 Å². The van der Waals surface area contributed by atoms with Crippen LogP contribution in [0.4, 0.5) is 23.5 Å². The third-order valence-corrected chi connectivity index (χ3v) is 7.76. The molecule has 0 aliphatic heterocycles. The zero-order chi connectivity index (χ0) is 41.0. The van der Waals surface area contributed by atoms with Crippen molar-refractivity contribution in [2.24, 2.45) is 5.11 Å². The Labute approximate surface area is 336 Å². The quantitative estimate of drug-likeness (QED) is 0.0148.